The molecule has 0 aliphatic carbocycles. The summed E-state index contributed by atoms with van der Waals surface area (Å²) in [5.74, 6) is -0.472. The zero-order chi connectivity index (χ0) is 19.8. The van der Waals surface area contributed by atoms with Gasteiger partial charge in [-0.15, -0.1) is 6.58 Å². The number of hydrogen-bond donors (Lipinski definition) is 0. The van der Waals surface area contributed by atoms with Gasteiger partial charge in [-0.1, -0.05) is 35.6 Å². The first-order valence-electron chi connectivity index (χ1n) is 8.32. The fraction of sp³-hybridized carbons (Fsp3) is 0.200. The molecule has 3 rings (SSSR count). The highest BCUT2D eigenvalue weighted by molar-refractivity contribution is 7.90. The molecule has 0 aliphatic rings. The predicted molar refractivity (Wildman–Crippen MR) is 109 cm³/mol. The number of hydrogen-bond acceptors (Lipinski definition) is 4. The second-order valence-corrected chi connectivity index (χ2v) is 9.37. The molecule has 3 aromatic rings. The summed E-state index contributed by atoms with van der Waals surface area (Å²) in [7, 11) is -3.39. The van der Waals surface area contributed by atoms with Gasteiger partial charge in [-0.05, 0) is 43.2 Å². The molecule has 2 aromatic carbocycles. The lowest BCUT2D eigenvalue weighted by Gasteiger charge is -2.05. The van der Waals surface area contributed by atoms with Gasteiger partial charge in [0, 0.05) is 18.4 Å². The summed E-state index contributed by atoms with van der Waals surface area (Å²) in [6, 6.07) is 10.1. The summed E-state index contributed by atoms with van der Waals surface area (Å²) in [5, 5.41) is 0. The van der Waals surface area contributed by atoms with Crippen molar-refractivity contribution in [2.75, 3.05) is 6.26 Å². The van der Waals surface area contributed by atoms with Gasteiger partial charge in [0.2, 0.25) is 0 Å². The van der Waals surface area contributed by atoms with Crippen molar-refractivity contribution in [1.29, 1.82) is 0 Å². The van der Waals surface area contributed by atoms with Crippen LogP contribution in [0.2, 0.25) is 0 Å². The van der Waals surface area contributed by atoms with Crippen LogP contribution in [-0.4, -0.2) is 25.1 Å². The van der Waals surface area contributed by atoms with Crippen LogP contribution >= 0.6 is 11.3 Å². The standard InChI is InChI=1S/C20H20N2O3S2/c1-5-11-22-17-13(2)9-10-14(3)18(17)26-20(22)21-19(23)15-7-6-8-16(12-15)27(4,24)25/h5-10,12H,1,11H2,2-4H3. The van der Waals surface area contributed by atoms with Gasteiger partial charge >= 0.3 is 0 Å². The number of nitrogens with zero attached hydrogens (tertiary/aromatic N) is 2. The molecule has 1 amide bonds. The normalized spacial score (nSPS) is 12.5. The number of sulfone groups is 1. The molecule has 0 N–H and O–H groups in total. The molecule has 5 nitrogen and oxygen atoms in total. The van der Waals surface area contributed by atoms with Gasteiger partial charge in [0.1, 0.15) is 0 Å². The molecule has 0 spiro atoms. The highest BCUT2D eigenvalue weighted by Crippen LogP contribution is 2.25. The lowest BCUT2D eigenvalue weighted by atomic mass is 10.1. The third-order valence-corrected chi connectivity index (χ3v) is 6.57. The molecule has 1 heterocycles. The quantitative estimate of drug-likeness (QED) is 0.628. The van der Waals surface area contributed by atoms with E-state index in [4.69, 9.17) is 0 Å². The molecule has 0 atom stereocenters. The van der Waals surface area contributed by atoms with Gasteiger partial charge in [0.15, 0.2) is 14.6 Å². The van der Waals surface area contributed by atoms with Crippen molar-refractivity contribution in [1.82, 2.24) is 4.57 Å². The van der Waals surface area contributed by atoms with Crippen molar-refractivity contribution >= 4 is 37.3 Å². The third kappa shape index (κ3) is 3.79. The molecule has 7 heteroatoms. The summed E-state index contributed by atoms with van der Waals surface area (Å²) < 4.78 is 26.5. The first kappa shape index (κ1) is 19.3. The summed E-state index contributed by atoms with van der Waals surface area (Å²) >= 11 is 1.45. The van der Waals surface area contributed by atoms with Gasteiger partial charge in [0.25, 0.3) is 5.91 Å². The van der Waals surface area contributed by atoms with Gasteiger partial charge in [-0.2, -0.15) is 4.99 Å². The Hall–Kier alpha value is -2.51. The summed E-state index contributed by atoms with van der Waals surface area (Å²) in [5.41, 5.74) is 3.50. The maximum Gasteiger partial charge on any atom is 0.279 e. The van der Waals surface area contributed by atoms with Gasteiger partial charge in [-0.3, -0.25) is 4.79 Å². The number of carbonyl (C=O) groups is 1. The van der Waals surface area contributed by atoms with Crippen LogP contribution in [0.1, 0.15) is 21.5 Å². The van der Waals surface area contributed by atoms with Crippen LogP contribution in [0.25, 0.3) is 10.2 Å². The maximum atomic E-state index is 12.7. The van der Waals surface area contributed by atoms with E-state index in [1.54, 1.807) is 18.2 Å². The molecule has 0 fully saturated rings. The third-order valence-electron chi connectivity index (χ3n) is 4.24. The molecule has 1 aromatic heterocycles. The van der Waals surface area contributed by atoms with E-state index in [1.165, 1.54) is 23.5 Å². The Morgan fingerprint density at radius 1 is 1.22 bits per heavy atom. The number of allylic oxidation sites excluding steroid dienone is 1. The topological polar surface area (TPSA) is 68.5 Å². The van der Waals surface area contributed by atoms with Crippen LogP contribution in [0.5, 0.6) is 0 Å². The Kier molecular flexibility index (Phi) is 5.17. The fourth-order valence-electron chi connectivity index (χ4n) is 2.87. The molecular weight excluding hydrogens is 380 g/mol. The van der Waals surface area contributed by atoms with Crippen molar-refractivity contribution in [3.05, 3.63) is 70.5 Å². The molecule has 0 aliphatic heterocycles. The van der Waals surface area contributed by atoms with E-state index in [2.05, 4.69) is 11.6 Å². The first-order valence-corrected chi connectivity index (χ1v) is 11.0. The summed E-state index contributed by atoms with van der Waals surface area (Å²) in [4.78, 5) is 17.7. The van der Waals surface area contributed by atoms with Crippen LogP contribution in [0.15, 0.2) is 58.9 Å². The molecule has 27 heavy (non-hydrogen) atoms. The molecule has 0 saturated carbocycles. The monoisotopic (exact) mass is 400 g/mol. The zero-order valence-electron chi connectivity index (χ0n) is 15.4. The number of aromatic nitrogens is 1. The number of amides is 1. The minimum Gasteiger partial charge on any atom is -0.312 e. The second-order valence-electron chi connectivity index (χ2n) is 6.38. The second kappa shape index (κ2) is 7.25. The number of aryl methyl sites for hydroxylation is 2. The highest BCUT2D eigenvalue weighted by Gasteiger charge is 2.14. The van der Waals surface area contributed by atoms with E-state index in [0.717, 1.165) is 27.6 Å². The van der Waals surface area contributed by atoms with E-state index in [9.17, 15) is 13.2 Å². The molecule has 0 bridgehead atoms. The Morgan fingerprint density at radius 3 is 2.59 bits per heavy atom. The summed E-state index contributed by atoms with van der Waals surface area (Å²) in [6.07, 6.45) is 2.88. The van der Waals surface area contributed by atoms with Crippen molar-refractivity contribution in [2.45, 2.75) is 25.3 Å². The maximum absolute atomic E-state index is 12.7. The summed E-state index contributed by atoms with van der Waals surface area (Å²) in [6.45, 7) is 8.38. The van der Waals surface area contributed by atoms with E-state index in [-0.39, 0.29) is 10.5 Å². The average Bonchev–Trinajstić information content (AvgIpc) is 2.97. The van der Waals surface area contributed by atoms with Crippen LogP contribution in [-0.2, 0) is 16.4 Å². The zero-order valence-corrected chi connectivity index (χ0v) is 17.0. The Bertz CT molecular complexity index is 1230. The largest absolute Gasteiger partial charge is 0.312 e. The van der Waals surface area contributed by atoms with E-state index >= 15 is 0 Å². The SMILES string of the molecule is C=CCn1c(=NC(=O)c2cccc(S(C)(=O)=O)c2)sc2c(C)ccc(C)c21. The molecule has 0 unspecified atom stereocenters. The number of carbonyl (C=O) groups excluding carboxylic acids is 1. The lowest BCUT2D eigenvalue weighted by molar-refractivity contribution is 0.0997. The number of rotatable bonds is 4. The van der Waals surface area contributed by atoms with Crippen LogP contribution in [0, 0.1) is 13.8 Å². The van der Waals surface area contributed by atoms with Crippen LogP contribution in [0.4, 0.5) is 0 Å². The van der Waals surface area contributed by atoms with Crippen LogP contribution in [0.3, 0.4) is 0 Å². The molecular formula is C20H20N2O3S2. The minimum absolute atomic E-state index is 0.102. The molecule has 140 valence electrons. The van der Waals surface area contributed by atoms with Crippen LogP contribution < -0.4 is 4.80 Å². The number of benzene rings is 2. The van der Waals surface area contributed by atoms with E-state index < -0.39 is 15.7 Å². The fourth-order valence-corrected chi connectivity index (χ4v) is 4.72. The van der Waals surface area contributed by atoms with Gasteiger partial charge < -0.3 is 4.57 Å². The molecule has 0 radical (unpaired) electrons. The van der Waals surface area contributed by atoms with Crippen molar-refractivity contribution in [3.8, 4) is 0 Å². The van der Waals surface area contributed by atoms with Crippen molar-refractivity contribution < 1.29 is 13.2 Å². The van der Waals surface area contributed by atoms with Gasteiger partial charge in [-0.25, -0.2) is 8.42 Å². The Labute approximate surface area is 162 Å². The number of fused-ring (bicyclic) bond motifs is 1. The van der Waals surface area contributed by atoms with E-state index in [0.29, 0.717) is 11.3 Å². The average molecular weight is 401 g/mol. The van der Waals surface area contributed by atoms with Crippen molar-refractivity contribution in [3.63, 3.8) is 0 Å². The minimum atomic E-state index is -3.39. The molecule has 0 saturated heterocycles. The lowest BCUT2D eigenvalue weighted by Crippen LogP contribution is -2.16. The Morgan fingerprint density at radius 2 is 1.93 bits per heavy atom. The number of thiazole rings is 1. The highest BCUT2D eigenvalue weighted by atomic mass is 32.2. The smallest absolute Gasteiger partial charge is 0.279 e. The first-order chi connectivity index (χ1) is 12.7. The van der Waals surface area contributed by atoms with Crippen molar-refractivity contribution in [2.24, 2.45) is 4.99 Å². The van der Waals surface area contributed by atoms with Gasteiger partial charge in [0.05, 0.1) is 15.1 Å². The predicted octanol–water partition coefficient (Wildman–Crippen LogP) is 3.65. The Balaban J connectivity index is 2.20. The van der Waals surface area contributed by atoms with E-state index in [1.807, 2.05) is 30.5 Å².